The monoisotopic (exact) mass is 296 g/mol. The first kappa shape index (κ1) is 15.4. The van der Waals surface area contributed by atoms with Crippen molar-refractivity contribution in [3.8, 4) is 0 Å². The Hall–Kier alpha value is -1.04. The minimum Gasteiger partial charge on any atom is -0.342 e. The molecule has 1 amide bonds. The second-order valence-electron chi connectivity index (χ2n) is 5.66. The fourth-order valence-electron chi connectivity index (χ4n) is 2.33. The summed E-state index contributed by atoms with van der Waals surface area (Å²) in [5.74, 6) is 1.42. The van der Waals surface area contributed by atoms with Crippen molar-refractivity contribution in [1.82, 2.24) is 20.1 Å². The maximum absolute atomic E-state index is 12.4. The molecular formula is C14H24N4OS. The minimum atomic E-state index is -0.121. The molecule has 1 N–H and O–H groups in total. The Labute approximate surface area is 124 Å². The lowest BCUT2D eigenvalue weighted by molar-refractivity contribution is -0.130. The summed E-state index contributed by atoms with van der Waals surface area (Å²) in [5.41, 5.74) is 0. The van der Waals surface area contributed by atoms with E-state index in [9.17, 15) is 4.79 Å². The largest absolute Gasteiger partial charge is 0.342 e. The average Bonchev–Trinajstić information content (AvgIpc) is 2.72. The lowest BCUT2D eigenvalue weighted by atomic mass is 10.2. The number of likely N-dealkylation sites (tertiary alicyclic amines) is 1. The van der Waals surface area contributed by atoms with Crippen molar-refractivity contribution in [3.63, 3.8) is 0 Å². The highest BCUT2D eigenvalue weighted by atomic mass is 32.2. The number of carbonyl (C=O) groups is 1. The first-order chi connectivity index (χ1) is 9.58. The van der Waals surface area contributed by atoms with Gasteiger partial charge in [0.1, 0.15) is 5.82 Å². The first-order valence-corrected chi connectivity index (χ1v) is 8.33. The highest BCUT2D eigenvalue weighted by molar-refractivity contribution is 8.00. The summed E-state index contributed by atoms with van der Waals surface area (Å²) in [7, 11) is 0. The summed E-state index contributed by atoms with van der Waals surface area (Å²) >= 11 is 1.45. The Bertz CT molecular complexity index is 438. The summed E-state index contributed by atoms with van der Waals surface area (Å²) < 4.78 is 0. The maximum atomic E-state index is 12.4. The Kier molecular flexibility index (Phi) is 5.46. The van der Waals surface area contributed by atoms with Gasteiger partial charge in [-0.3, -0.25) is 9.89 Å². The van der Waals surface area contributed by atoms with Gasteiger partial charge in [0, 0.05) is 19.0 Å². The molecule has 0 unspecified atom stereocenters. The second-order valence-corrected chi connectivity index (χ2v) is 6.97. The number of hydrogen-bond acceptors (Lipinski definition) is 4. The molecule has 2 rings (SSSR count). The zero-order chi connectivity index (χ0) is 14.5. The zero-order valence-corrected chi connectivity index (χ0v) is 13.4. The summed E-state index contributed by atoms with van der Waals surface area (Å²) in [5, 5.41) is 7.66. The molecular weight excluding hydrogens is 272 g/mol. The Morgan fingerprint density at radius 2 is 1.85 bits per heavy atom. The van der Waals surface area contributed by atoms with E-state index >= 15 is 0 Å². The Morgan fingerprint density at radius 1 is 1.20 bits per heavy atom. The molecule has 1 aromatic heterocycles. The van der Waals surface area contributed by atoms with Crippen LogP contribution in [0.15, 0.2) is 5.16 Å². The van der Waals surface area contributed by atoms with E-state index in [4.69, 9.17) is 0 Å². The molecule has 112 valence electrons. The fraction of sp³-hybridized carbons (Fsp3) is 0.786. The van der Waals surface area contributed by atoms with Gasteiger partial charge in [-0.1, -0.05) is 38.5 Å². The number of aromatic amines is 1. The van der Waals surface area contributed by atoms with E-state index in [1.165, 1.54) is 24.6 Å². The molecule has 1 aliphatic rings. The number of nitrogens with one attached hydrogen (secondary N) is 1. The quantitative estimate of drug-likeness (QED) is 0.868. The summed E-state index contributed by atoms with van der Waals surface area (Å²) in [4.78, 5) is 18.9. The molecule has 2 heterocycles. The molecule has 0 saturated carbocycles. The fourth-order valence-corrected chi connectivity index (χ4v) is 3.14. The van der Waals surface area contributed by atoms with Gasteiger partial charge in [0.05, 0.1) is 5.25 Å². The number of hydrogen-bond donors (Lipinski definition) is 1. The van der Waals surface area contributed by atoms with Crippen LogP contribution in [0.2, 0.25) is 0 Å². The Balaban J connectivity index is 1.92. The topological polar surface area (TPSA) is 61.9 Å². The van der Waals surface area contributed by atoms with E-state index in [0.29, 0.717) is 11.1 Å². The van der Waals surface area contributed by atoms with Crippen LogP contribution in [-0.4, -0.2) is 44.3 Å². The van der Waals surface area contributed by atoms with Crippen LogP contribution < -0.4 is 0 Å². The lowest BCUT2D eigenvalue weighted by Gasteiger charge is -2.23. The molecule has 0 aliphatic carbocycles. The van der Waals surface area contributed by atoms with Crippen molar-refractivity contribution in [2.45, 2.75) is 62.8 Å². The van der Waals surface area contributed by atoms with Crippen LogP contribution in [-0.2, 0) is 4.79 Å². The molecule has 1 saturated heterocycles. The normalized spacial score (nSPS) is 18.1. The number of aromatic nitrogens is 3. The molecule has 1 aliphatic heterocycles. The minimum absolute atomic E-state index is 0.121. The number of thioether (sulfide) groups is 1. The number of rotatable bonds is 4. The standard InChI is InChI=1S/C14H24N4OS/c1-10(2)12-15-14(17-16-12)20-11(3)13(19)18-8-6-4-5-7-9-18/h10-11H,4-9H2,1-3H3,(H,15,16,17)/t11-/m1/s1. The van der Waals surface area contributed by atoms with Crippen LogP contribution in [0.5, 0.6) is 0 Å². The van der Waals surface area contributed by atoms with E-state index in [0.717, 1.165) is 31.8 Å². The van der Waals surface area contributed by atoms with Crippen LogP contribution >= 0.6 is 11.8 Å². The number of H-pyrrole nitrogens is 1. The van der Waals surface area contributed by atoms with Crippen molar-refractivity contribution in [2.24, 2.45) is 0 Å². The SMILES string of the molecule is CC(C)c1nc(S[C@H](C)C(=O)N2CCCCCC2)n[nH]1. The average molecular weight is 296 g/mol. The van der Waals surface area contributed by atoms with Crippen LogP contribution in [0.3, 0.4) is 0 Å². The van der Waals surface area contributed by atoms with E-state index in [1.54, 1.807) is 0 Å². The van der Waals surface area contributed by atoms with Crippen LogP contribution in [0.25, 0.3) is 0 Å². The number of carbonyl (C=O) groups excluding carboxylic acids is 1. The number of amides is 1. The van der Waals surface area contributed by atoms with E-state index in [1.807, 2.05) is 11.8 Å². The molecule has 1 atom stereocenters. The molecule has 0 aromatic carbocycles. The smallest absolute Gasteiger partial charge is 0.235 e. The summed E-state index contributed by atoms with van der Waals surface area (Å²) in [6.07, 6.45) is 4.73. The highest BCUT2D eigenvalue weighted by Gasteiger charge is 2.23. The van der Waals surface area contributed by atoms with Crippen molar-refractivity contribution in [2.75, 3.05) is 13.1 Å². The predicted molar refractivity (Wildman–Crippen MR) is 80.8 cm³/mol. The zero-order valence-electron chi connectivity index (χ0n) is 12.6. The lowest BCUT2D eigenvalue weighted by Crippen LogP contribution is -2.37. The third-order valence-electron chi connectivity index (χ3n) is 3.58. The van der Waals surface area contributed by atoms with Gasteiger partial charge in [-0.05, 0) is 19.8 Å². The van der Waals surface area contributed by atoms with E-state index in [-0.39, 0.29) is 11.2 Å². The molecule has 0 bridgehead atoms. The van der Waals surface area contributed by atoms with E-state index < -0.39 is 0 Å². The van der Waals surface area contributed by atoms with Gasteiger partial charge >= 0.3 is 0 Å². The molecule has 1 aromatic rings. The molecule has 0 radical (unpaired) electrons. The number of nitrogens with zero attached hydrogens (tertiary/aromatic N) is 3. The van der Waals surface area contributed by atoms with Gasteiger partial charge in [-0.15, -0.1) is 5.10 Å². The van der Waals surface area contributed by atoms with Gasteiger partial charge in [0.15, 0.2) is 0 Å². The maximum Gasteiger partial charge on any atom is 0.235 e. The van der Waals surface area contributed by atoms with Crippen molar-refractivity contribution >= 4 is 17.7 Å². The van der Waals surface area contributed by atoms with Crippen molar-refractivity contribution in [1.29, 1.82) is 0 Å². The second kappa shape index (κ2) is 7.11. The van der Waals surface area contributed by atoms with Gasteiger partial charge in [0.2, 0.25) is 11.1 Å². The summed E-state index contributed by atoms with van der Waals surface area (Å²) in [6, 6.07) is 0. The summed E-state index contributed by atoms with van der Waals surface area (Å²) in [6.45, 7) is 7.88. The third kappa shape index (κ3) is 3.98. The van der Waals surface area contributed by atoms with Gasteiger partial charge in [-0.25, -0.2) is 4.98 Å². The highest BCUT2D eigenvalue weighted by Crippen LogP contribution is 2.23. The molecule has 0 spiro atoms. The van der Waals surface area contributed by atoms with Gasteiger partial charge < -0.3 is 4.90 Å². The Morgan fingerprint density at radius 3 is 2.40 bits per heavy atom. The van der Waals surface area contributed by atoms with Crippen molar-refractivity contribution < 1.29 is 4.79 Å². The molecule has 20 heavy (non-hydrogen) atoms. The molecule has 5 nitrogen and oxygen atoms in total. The van der Waals surface area contributed by atoms with Crippen molar-refractivity contribution in [3.05, 3.63) is 5.82 Å². The van der Waals surface area contributed by atoms with Gasteiger partial charge in [0.25, 0.3) is 0 Å². The molecule has 1 fully saturated rings. The van der Waals surface area contributed by atoms with Crippen LogP contribution in [0.4, 0.5) is 0 Å². The predicted octanol–water partition coefficient (Wildman–Crippen LogP) is 2.81. The van der Waals surface area contributed by atoms with Crippen LogP contribution in [0.1, 0.15) is 58.2 Å². The van der Waals surface area contributed by atoms with Gasteiger partial charge in [-0.2, -0.15) is 0 Å². The first-order valence-electron chi connectivity index (χ1n) is 7.45. The van der Waals surface area contributed by atoms with Crippen LogP contribution in [0, 0.1) is 0 Å². The van der Waals surface area contributed by atoms with E-state index in [2.05, 4.69) is 29.0 Å². The molecule has 6 heteroatoms. The third-order valence-corrected chi connectivity index (χ3v) is 4.53.